The molecule has 0 saturated carbocycles. The molecule has 2 heterocycles. The number of hydroxylamine groups is 4. The Morgan fingerprint density at radius 2 is 1.39 bits per heavy atom. The van der Waals surface area contributed by atoms with Crippen LogP contribution in [0.3, 0.4) is 0 Å². The molecule has 12 nitrogen and oxygen atoms in total. The van der Waals surface area contributed by atoms with Crippen molar-refractivity contribution >= 4 is 12.4 Å². The zero-order valence-corrected chi connectivity index (χ0v) is 8.37. The fraction of sp³-hybridized carbons (Fsp3) is 0.333. The molecular formula is C6H2N8O4-2. The van der Waals surface area contributed by atoms with Crippen LogP contribution in [0.5, 0.6) is 0 Å². The molecule has 0 bridgehead atoms. The van der Waals surface area contributed by atoms with Crippen LogP contribution in [0.4, 0.5) is 0 Å². The lowest BCUT2D eigenvalue weighted by molar-refractivity contribution is -0.136. The van der Waals surface area contributed by atoms with Gasteiger partial charge in [0.2, 0.25) is 0 Å². The van der Waals surface area contributed by atoms with E-state index in [4.69, 9.17) is 10.5 Å². The molecule has 2 atom stereocenters. The Morgan fingerprint density at radius 3 is 1.61 bits per heavy atom. The minimum absolute atomic E-state index is 0.246. The SMILES string of the molecule is N#CC1(N=NC2(C#N)C=NON2[O-])C=NON1[O-]. The first-order chi connectivity index (χ1) is 8.58. The molecule has 0 aromatic carbocycles. The lowest BCUT2D eigenvalue weighted by Gasteiger charge is -2.29. The van der Waals surface area contributed by atoms with Crippen LogP contribution in [-0.2, 0) is 9.88 Å². The summed E-state index contributed by atoms with van der Waals surface area (Å²) in [6, 6.07) is 2.94. The van der Waals surface area contributed by atoms with Gasteiger partial charge in [-0.3, -0.25) is 0 Å². The lowest BCUT2D eigenvalue weighted by Crippen LogP contribution is -2.42. The van der Waals surface area contributed by atoms with Crippen molar-refractivity contribution < 1.29 is 9.88 Å². The van der Waals surface area contributed by atoms with Gasteiger partial charge in [-0.15, -0.1) is 20.7 Å². The second kappa shape index (κ2) is 3.99. The Hall–Kier alpha value is -2.64. The molecule has 0 radical (unpaired) electrons. The third-order valence-electron chi connectivity index (χ3n) is 1.95. The van der Waals surface area contributed by atoms with E-state index in [0.29, 0.717) is 0 Å². The van der Waals surface area contributed by atoms with Crippen molar-refractivity contribution in [3.8, 4) is 12.1 Å². The Kier molecular flexibility index (Phi) is 2.62. The number of hydrogen-bond donors (Lipinski definition) is 0. The van der Waals surface area contributed by atoms with Crippen molar-refractivity contribution in [2.24, 2.45) is 20.5 Å². The maximum atomic E-state index is 11.2. The van der Waals surface area contributed by atoms with E-state index in [9.17, 15) is 10.4 Å². The highest BCUT2D eigenvalue weighted by molar-refractivity contribution is 5.76. The molecule has 0 amide bonds. The maximum absolute atomic E-state index is 11.2. The van der Waals surface area contributed by atoms with E-state index >= 15 is 0 Å². The highest BCUT2D eigenvalue weighted by Gasteiger charge is 2.41. The van der Waals surface area contributed by atoms with Crippen LogP contribution in [0.2, 0.25) is 0 Å². The van der Waals surface area contributed by atoms with E-state index in [1.54, 1.807) is 0 Å². The fourth-order valence-electron chi connectivity index (χ4n) is 0.960. The van der Waals surface area contributed by atoms with Gasteiger partial charge in [0.15, 0.2) is 0 Å². The van der Waals surface area contributed by atoms with E-state index < -0.39 is 11.3 Å². The summed E-state index contributed by atoms with van der Waals surface area (Å²) < 4.78 is 0. The quantitative estimate of drug-likeness (QED) is 0.581. The largest absolute Gasteiger partial charge is 0.747 e. The van der Waals surface area contributed by atoms with Crippen LogP contribution in [0.1, 0.15) is 0 Å². The number of oxime groups is 2. The third kappa shape index (κ3) is 1.54. The molecule has 18 heavy (non-hydrogen) atoms. The second-order valence-corrected chi connectivity index (χ2v) is 3.02. The van der Waals surface area contributed by atoms with Crippen LogP contribution in [0.15, 0.2) is 20.5 Å². The summed E-state index contributed by atoms with van der Waals surface area (Å²) >= 11 is 0. The molecule has 2 aliphatic rings. The molecule has 0 saturated heterocycles. The van der Waals surface area contributed by atoms with E-state index in [1.807, 2.05) is 0 Å². The van der Waals surface area contributed by atoms with Crippen LogP contribution >= 0.6 is 0 Å². The first-order valence-corrected chi connectivity index (χ1v) is 4.23. The van der Waals surface area contributed by atoms with Gasteiger partial charge in [0.05, 0.1) is 0 Å². The summed E-state index contributed by atoms with van der Waals surface area (Å²) in [5.74, 6) is 0. The number of azo groups is 1. The zero-order valence-electron chi connectivity index (χ0n) is 8.37. The molecule has 0 aliphatic carbocycles. The van der Waals surface area contributed by atoms with Gasteiger partial charge in [-0.25, -0.2) is 0 Å². The summed E-state index contributed by atoms with van der Waals surface area (Å²) in [5, 5.41) is 52.2. The van der Waals surface area contributed by atoms with Crippen molar-refractivity contribution in [3.05, 3.63) is 10.4 Å². The smallest absolute Gasteiger partial charge is 0.280 e. The maximum Gasteiger partial charge on any atom is 0.280 e. The molecule has 2 aliphatic heterocycles. The molecule has 2 unspecified atom stereocenters. The Morgan fingerprint density at radius 1 is 1.00 bits per heavy atom. The standard InChI is InChI=1S/C6H2N8O4/c7-1-5(3-9-17-13(5)15)11-12-6(2-8)4-10-18-14(6)16/h3-4H/q-2. The average Bonchev–Trinajstić information content (AvgIpc) is 2.92. The lowest BCUT2D eigenvalue weighted by atomic mass is 10.2. The Bertz CT molecular complexity index is 473. The first-order valence-electron chi connectivity index (χ1n) is 4.23. The van der Waals surface area contributed by atoms with Crippen molar-refractivity contribution in [2.45, 2.75) is 11.3 Å². The van der Waals surface area contributed by atoms with Gasteiger partial charge >= 0.3 is 0 Å². The topological polar surface area (TPSA) is 168 Å². The van der Waals surface area contributed by atoms with Crippen molar-refractivity contribution in [1.82, 2.24) is 10.5 Å². The molecule has 0 spiro atoms. The van der Waals surface area contributed by atoms with E-state index in [1.165, 1.54) is 12.1 Å². The predicted molar refractivity (Wildman–Crippen MR) is 51.1 cm³/mol. The fourth-order valence-corrected chi connectivity index (χ4v) is 0.960. The Balaban J connectivity index is 2.31. The monoisotopic (exact) mass is 250 g/mol. The summed E-state index contributed by atoms with van der Waals surface area (Å²) in [7, 11) is 0. The van der Waals surface area contributed by atoms with E-state index in [0.717, 1.165) is 12.4 Å². The highest BCUT2D eigenvalue weighted by atomic mass is 17.0. The van der Waals surface area contributed by atoms with Gasteiger partial charge in [-0.1, -0.05) is 10.3 Å². The molecule has 2 rings (SSSR count). The molecule has 0 aromatic heterocycles. The summed E-state index contributed by atoms with van der Waals surface area (Å²) in [4.78, 5) is 8.20. The second-order valence-electron chi connectivity index (χ2n) is 3.02. The van der Waals surface area contributed by atoms with Crippen LogP contribution < -0.4 is 0 Å². The minimum Gasteiger partial charge on any atom is -0.747 e. The highest BCUT2D eigenvalue weighted by Crippen LogP contribution is 2.25. The zero-order chi connectivity index (χ0) is 13.2. The van der Waals surface area contributed by atoms with Crippen LogP contribution in [-0.4, -0.2) is 34.2 Å². The van der Waals surface area contributed by atoms with Crippen molar-refractivity contribution in [1.29, 1.82) is 10.5 Å². The summed E-state index contributed by atoms with van der Waals surface area (Å²) in [6.07, 6.45) is 1.52. The first kappa shape index (κ1) is 11.8. The Labute approximate surface area is 98.6 Å². The predicted octanol–water partition coefficient (Wildman–Crippen LogP) is -0.660. The van der Waals surface area contributed by atoms with Crippen LogP contribution in [0, 0.1) is 33.1 Å². The molecule has 0 aromatic rings. The molecular weight excluding hydrogens is 248 g/mol. The van der Waals surface area contributed by atoms with Crippen molar-refractivity contribution in [2.75, 3.05) is 0 Å². The normalized spacial score (nSPS) is 35.3. The van der Waals surface area contributed by atoms with E-state index in [2.05, 4.69) is 30.4 Å². The molecule has 0 N–H and O–H groups in total. The summed E-state index contributed by atoms with van der Waals surface area (Å²) in [6.45, 7) is 0. The minimum atomic E-state index is -2.19. The van der Waals surface area contributed by atoms with Gasteiger partial charge in [-0.05, 0) is 0 Å². The summed E-state index contributed by atoms with van der Waals surface area (Å²) in [5.41, 5.74) is -4.39. The molecule has 92 valence electrons. The van der Waals surface area contributed by atoms with E-state index in [-0.39, 0.29) is 10.5 Å². The van der Waals surface area contributed by atoms with Crippen molar-refractivity contribution in [3.63, 3.8) is 0 Å². The third-order valence-corrected chi connectivity index (χ3v) is 1.95. The molecule has 0 fully saturated rings. The van der Waals surface area contributed by atoms with Crippen LogP contribution in [0.25, 0.3) is 0 Å². The van der Waals surface area contributed by atoms with Gasteiger partial charge in [0.1, 0.15) is 24.6 Å². The number of nitriles is 2. The average molecular weight is 250 g/mol. The molecule has 12 heteroatoms. The number of rotatable bonds is 2. The van der Waals surface area contributed by atoms with Gasteiger partial charge < -0.3 is 20.3 Å². The van der Waals surface area contributed by atoms with Gasteiger partial charge in [0, 0.05) is 0 Å². The van der Waals surface area contributed by atoms with Gasteiger partial charge in [0.25, 0.3) is 11.3 Å². The van der Waals surface area contributed by atoms with Gasteiger partial charge in [-0.2, -0.15) is 10.5 Å². The number of hydrogen-bond acceptors (Lipinski definition) is 12. The number of nitrogens with zero attached hydrogens (tertiary/aromatic N) is 8.